The highest BCUT2D eigenvalue weighted by molar-refractivity contribution is 5.84. The SMILES string of the molecule is CCC(=O)C(C#N)C(c1ccco1)c1ccccc1OC. The number of rotatable bonds is 6. The summed E-state index contributed by atoms with van der Waals surface area (Å²) in [7, 11) is 1.57. The zero-order chi connectivity index (χ0) is 15.2. The van der Waals surface area contributed by atoms with Crippen molar-refractivity contribution in [1.29, 1.82) is 5.26 Å². The van der Waals surface area contributed by atoms with Crippen molar-refractivity contribution >= 4 is 5.78 Å². The van der Waals surface area contributed by atoms with E-state index in [0.29, 0.717) is 17.9 Å². The molecule has 4 heteroatoms. The number of nitrogens with zero attached hydrogens (tertiary/aromatic N) is 1. The topological polar surface area (TPSA) is 63.2 Å². The lowest BCUT2D eigenvalue weighted by atomic mass is 9.81. The molecule has 0 amide bonds. The Hall–Kier alpha value is -2.54. The van der Waals surface area contributed by atoms with Crippen LogP contribution < -0.4 is 4.74 Å². The third-order valence-electron chi connectivity index (χ3n) is 3.49. The van der Waals surface area contributed by atoms with Gasteiger partial charge >= 0.3 is 0 Å². The van der Waals surface area contributed by atoms with Gasteiger partial charge in [-0.15, -0.1) is 0 Å². The molecule has 1 heterocycles. The molecule has 108 valence electrons. The van der Waals surface area contributed by atoms with Crippen LogP contribution in [-0.2, 0) is 4.79 Å². The standard InChI is InChI=1S/C17H17NO3/c1-3-14(19)13(11-18)17(16-9-6-10-21-16)12-7-4-5-8-15(12)20-2/h4-10,13,17H,3H2,1-2H3. The lowest BCUT2D eigenvalue weighted by Gasteiger charge is -2.21. The molecule has 2 aromatic rings. The molecule has 0 saturated heterocycles. The first-order chi connectivity index (χ1) is 10.2. The first kappa shape index (κ1) is 14.9. The first-order valence-electron chi connectivity index (χ1n) is 6.81. The lowest BCUT2D eigenvalue weighted by molar-refractivity contribution is -0.121. The van der Waals surface area contributed by atoms with Gasteiger partial charge in [-0.2, -0.15) is 5.26 Å². The number of benzene rings is 1. The van der Waals surface area contributed by atoms with Crippen LogP contribution in [-0.4, -0.2) is 12.9 Å². The summed E-state index contributed by atoms with van der Waals surface area (Å²) in [6.45, 7) is 1.76. The van der Waals surface area contributed by atoms with Crippen molar-refractivity contribution < 1.29 is 13.9 Å². The van der Waals surface area contributed by atoms with Crippen LogP contribution in [0, 0.1) is 17.2 Å². The van der Waals surface area contributed by atoms with Crippen molar-refractivity contribution in [1.82, 2.24) is 0 Å². The predicted molar refractivity (Wildman–Crippen MR) is 77.9 cm³/mol. The lowest BCUT2D eigenvalue weighted by Crippen LogP contribution is -2.21. The molecule has 0 aliphatic heterocycles. The quantitative estimate of drug-likeness (QED) is 0.813. The summed E-state index contributed by atoms with van der Waals surface area (Å²) < 4.78 is 10.8. The van der Waals surface area contributed by atoms with Gasteiger partial charge in [0.15, 0.2) is 5.78 Å². The van der Waals surface area contributed by atoms with Gasteiger partial charge in [0.1, 0.15) is 17.4 Å². The van der Waals surface area contributed by atoms with Crippen LogP contribution in [0.5, 0.6) is 5.75 Å². The Morgan fingerprint density at radius 1 is 1.33 bits per heavy atom. The Balaban J connectivity index is 2.57. The van der Waals surface area contributed by atoms with E-state index in [4.69, 9.17) is 9.15 Å². The van der Waals surface area contributed by atoms with Crippen LogP contribution in [0.25, 0.3) is 0 Å². The van der Waals surface area contributed by atoms with E-state index in [0.717, 1.165) is 5.56 Å². The summed E-state index contributed by atoms with van der Waals surface area (Å²) in [5, 5.41) is 9.47. The Morgan fingerprint density at radius 3 is 2.67 bits per heavy atom. The maximum Gasteiger partial charge on any atom is 0.150 e. The number of Topliss-reactive ketones (excluding diaryl/α,β-unsaturated/α-hetero) is 1. The minimum absolute atomic E-state index is 0.107. The van der Waals surface area contributed by atoms with Crippen LogP contribution >= 0.6 is 0 Å². The van der Waals surface area contributed by atoms with E-state index < -0.39 is 11.8 Å². The molecule has 0 N–H and O–H groups in total. The number of para-hydroxylation sites is 1. The third kappa shape index (κ3) is 2.97. The number of ketones is 1. The summed E-state index contributed by atoms with van der Waals surface area (Å²) in [5.74, 6) is -0.133. The summed E-state index contributed by atoms with van der Waals surface area (Å²) in [5.41, 5.74) is 0.781. The summed E-state index contributed by atoms with van der Waals surface area (Å²) in [4.78, 5) is 12.1. The second-order valence-corrected chi connectivity index (χ2v) is 4.66. The Kier molecular flexibility index (Phi) is 4.78. The van der Waals surface area contributed by atoms with Crippen molar-refractivity contribution in [2.75, 3.05) is 7.11 Å². The number of furan rings is 1. The zero-order valence-electron chi connectivity index (χ0n) is 12.1. The highest BCUT2D eigenvalue weighted by Gasteiger charge is 2.33. The van der Waals surface area contributed by atoms with Crippen LogP contribution in [0.2, 0.25) is 0 Å². The zero-order valence-corrected chi connectivity index (χ0v) is 12.1. The van der Waals surface area contributed by atoms with Gasteiger partial charge in [0, 0.05) is 12.0 Å². The number of carbonyl (C=O) groups excluding carboxylic acids is 1. The average Bonchev–Trinajstić information content (AvgIpc) is 3.05. The normalized spacial score (nSPS) is 13.2. The molecule has 0 aliphatic carbocycles. The molecule has 1 aromatic carbocycles. The van der Waals surface area contributed by atoms with Gasteiger partial charge in [-0.1, -0.05) is 25.1 Å². The highest BCUT2D eigenvalue weighted by Crippen LogP contribution is 2.38. The van der Waals surface area contributed by atoms with E-state index in [9.17, 15) is 10.1 Å². The molecular weight excluding hydrogens is 266 g/mol. The number of methoxy groups -OCH3 is 1. The van der Waals surface area contributed by atoms with Gasteiger partial charge in [0.2, 0.25) is 0 Å². The van der Waals surface area contributed by atoms with E-state index in [1.807, 2.05) is 24.3 Å². The van der Waals surface area contributed by atoms with Gasteiger partial charge < -0.3 is 9.15 Å². The molecule has 2 atom stereocenters. The van der Waals surface area contributed by atoms with Gasteiger partial charge in [0.25, 0.3) is 0 Å². The van der Waals surface area contributed by atoms with E-state index in [2.05, 4.69) is 6.07 Å². The van der Waals surface area contributed by atoms with Crippen LogP contribution in [0.4, 0.5) is 0 Å². The molecule has 2 unspecified atom stereocenters. The summed E-state index contributed by atoms with van der Waals surface area (Å²) in [6.07, 6.45) is 1.85. The Labute approximate surface area is 124 Å². The van der Waals surface area contributed by atoms with Crippen molar-refractivity contribution in [2.45, 2.75) is 19.3 Å². The molecule has 0 spiro atoms. The Morgan fingerprint density at radius 2 is 2.10 bits per heavy atom. The highest BCUT2D eigenvalue weighted by atomic mass is 16.5. The molecule has 2 rings (SSSR count). The molecule has 0 radical (unpaired) electrons. The molecule has 4 nitrogen and oxygen atoms in total. The van der Waals surface area contributed by atoms with Crippen molar-refractivity contribution in [3.05, 3.63) is 54.0 Å². The molecule has 0 bridgehead atoms. The predicted octanol–water partition coefficient (Wildman–Crippen LogP) is 3.54. The number of carbonyl (C=O) groups is 1. The van der Waals surface area contributed by atoms with Gasteiger partial charge in [-0.3, -0.25) is 4.79 Å². The third-order valence-corrected chi connectivity index (χ3v) is 3.49. The number of ether oxygens (including phenoxy) is 1. The molecule has 0 saturated carbocycles. The molecule has 0 fully saturated rings. The van der Waals surface area contributed by atoms with Crippen molar-refractivity contribution in [2.24, 2.45) is 5.92 Å². The van der Waals surface area contributed by atoms with Crippen LogP contribution in [0.3, 0.4) is 0 Å². The van der Waals surface area contributed by atoms with Crippen LogP contribution in [0.15, 0.2) is 47.1 Å². The second kappa shape index (κ2) is 6.76. The molecule has 0 aliphatic rings. The van der Waals surface area contributed by atoms with Crippen molar-refractivity contribution in [3.8, 4) is 11.8 Å². The van der Waals surface area contributed by atoms with E-state index in [1.54, 1.807) is 32.4 Å². The number of hydrogen-bond donors (Lipinski definition) is 0. The smallest absolute Gasteiger partial charge is 0.150 e. The minimum Gasteiger partial charge on any atom is -0.496 e. The minimum atomic E-state index is -0.794. The fraction of sp³-hybridized carbons (Fsp3) is 0.294. The fourth-order valence-electron chi connectivity index (χ4n) is 2.44. The first-order valence-corrected chi connectivity index (χ1v) is 6.81. The largest absolute Gasteiger partial charge is 0.496 e. The summed E-state index contributed by atoms with van der Waals surface area (Å²) >= 11 is 0. The monoisotopic (exact) mass is 283 g/mol. The van der Waals surface area contributed by atoms with Crippen LogP contribution in [0.1, 0.15) is 30.6 Å². The maximum absolute atomic E-state index is 12.1. The fourth-order valence-corrected chi connectivity index (χ4v) is 2.44. The van der Waals surface area contributed by atoms with Gasteiger partial charge in [-0.25, -0.2) is 0 Å². The van der Waals surface area contributed by atoms with Crippen molar-refractivity contribution in [3.63, 3.8) is 0 Å². The number of nitriles is 1. The maximum atomic E-state index is 12.1. The van der Waals surface area contributed by atoms with E-state index in [-0.39, 0.29) is 5.78 Å². The molecule has 21 heavy (non-hydrogen) atoms. The second-order valence-electron chi connectivity index (χ2n) is 4.66. The van der Waals surface area contributed by atoms with Gasteiger partial charge in [-0.05, 0) is 18.2 Å². The average molecular weight is 283 g/mol. The Bertz CT molecular complexity index is 640. The molecular formula is C17H17NO3. The number of hydrogen-bond acceptors (Lipinski definition) is 4. The van der Waals surface area contributed by atoms with E-state index in [1.165, 1.54) is 0 Å². The van der Waals surface area contributed by atoms with Gasteiger partial charge in [0.05, 0.1) is 25.4 Å². The summed E-state index contributed by atoms with van der Waals surface area (Å²) in [6, 6.07) is 13.0. The molecule has 1 aromatic heterocycles. The van der Waals surface area contributed by atoms with E-state index >= 15 is 0 Å².